The molecule has 1 atom stereocenters. The van der Waals surface area contributed by atoms with Gasteiger partial charge < -0.3 is 15.7 Å². The van der Waals surface area contributed by atoms with Crippen LogP contribution < -0.4 is 16.2 Å². The lowest BCUT2D eigenvalue weighted by Crippen LogP contribution is -2.28. The van der Waals surface area contributed by atoms with Crippen molar-refractivity contribution in [1.82, 2.24) is 19.9 Å². The van der Waals surface area contributed by atoms with E-state index in [9.17, 15) is 28.3 Å². The van der Waals surface area contributed by atoms with Gasteiger partial charge in [0.1, 0.15) is 11.6 Å². The van der Waals surface area contributed by atoms with Gasteiger partial charge in [0.15, 0.2) is 6.10 Å². The van der Waals surface area contributed by atoms with Crippen molar-refractivity contribution in [2.75, 3.05) is 18.4 Å². The molecular formula is C27H21Cl2F3N6O2. The van der Waals surface area contributed by atoms with Crippen molar-refractivity contribution in [2.24, 2.45) is 0 Å². The first-order valence-electron chi connectivity index (χ1n) is 12.2. The third kappa shape index (κ3) is 5.36. The number of para-hydroxylation sites is 1. The number of hydrogen-bond acceptors (Lipinski definition) is 7. The SMILES string of the molecule is N#Cc1cn(-c2c(Cl)cccc2Cl)c(=O)c2cnc(Nc3ccc(C4CCNCC4)c(C(O)C(F)(F)F)c3)nc12. The maximum absolute atomic E-state index is 13.6. The van der Waals surface area contributed by atoms with E-state index in [0.29, 0.717) is 31.5 Å². The summed E-state index contributed by atoms with van der Waals surface area (Å²) >= 11 is 12.5. The van der Waals surface area contributed by atoms with Crippen LogP contribution in [0, 0.1) is 11.3 Å². The summed E-state index contributed by atoms with van der Waals surface area (Å²) in [6.07, 6.45) is -3.76. The first-order chi connectivity index (χ1) is 19.1. The molecule has 206 valence electrons. The Balaban J connectivity index is 1.55. The smallest absolute Gasteiger partial charge is 0.379 e. The molecule has 2 aromatic heterocycles. The molecule has 0 saturated carbocycles. The summed E-state index contributed by atoms with van der Waals surface area (Å²) in [4.78, 5) is 21.7. The van der Waals surface area contributed by atoms with Crippen LogP contribution >= 0.6 is 23.2 Å². The molecule has 2 aromatic carbocycles. The molecule has 4 aromatic rings. The van der Waals surface area contributed by atoms with Crippen LogP contribution in [0.3, 0.4) is 0 Å². The van der Waals surface area contributed by atoms with Gasteiger partial charge in [0.25, 0.3) is 5.56 Å². The number of piperidine rings is 1. The van der Waals surface area contributed by atoms with E-state index in [-0.39, 0.29) is 55.3 Å². The van der Waals surface area contributed by atoms with Crippen molar-refractivity contribution in [3.8, 4) is 11.8 Å². The van der Waals surface area contributed by atoms with Gasteiger partial charge in [-0.1, -0.05) is 35.3 Å². The van der Waals surface area contributed by atoms with Crippen molar-refractivity contribution in [2.45, 2.75) is 31.0 Å². The van der Waals surface area contributed by atoms with Gasteiger partial charge in [-0.25, -0.2) is 9.97 Å². The molecule has 0 bridgehead atoms. The van der Waals surface area contributed by atoms with E-state index in [1.165, 1.54) is 18.5 Å². The summed E-state index contributed by atoms with van der Waals surface area (Å²) in [5, 5.41) is 26.4. The Morgan fingerprint density at radius 3 is 2.52 bits per heavy atom. The lowest BCUT2D eigenvalue weighted by molar-refractivity contribution is -0.207. The third-order valence-corrected chi connectivity index (χ3v) is 7.39. The van der Waals surface area contributed by atoms with Crippen molar-refractivity contribution >= 4 is 45.7 Å². The topological polar surface area (TPSA) is 116 Å². The van der Waals surface area contributed by atoms with E-state index in [4.69, 9.17) is 23.2 Å². The number of hydrogen-bond donors (Lipinski definition) is 3. The van der Waals surface area contributed by atoms with E-state index in [0.717, 1.165) is 4.57 Å². The maximum atomic E-state index is 13.6. The molecule has 0 aliphatic carbocycles. The average Bonchev–Trinajstić information content (AvgIpc) is 2.93. The van der Waals surface area contributed by atoms with Crippen molar-refractivity contribution < 1.29 is 18.3 Å². The molecule has 8 nitrogen and oxygen atoms in total. The number of pyridine rings is 1. The van der Waals surface area contributed by atoms with Crippen molar-refractivity contribution in [3.63, 3.8) is 0 Å². The minimum Gasteiger partial charge on any atom is -0.379 e. The van der Waals surface area contributed by atoms with E-state index >= 15 is 0 Å². The predicted molar refractivity (Wildman–Crippen MR) is 145 cm³/mol. The van der Waals surface area contributed by atoms with Gasteiger partial charge in [-0.2, -0.15) is 18.4 Å². The zero-order chi connectivity index (χ0) is 28.6. The first-order valence-corrected chi connectivity index (χ1v) is 13.0. The maximum Gasteiger partial charge on any atom is 0.418 e. The summed E-state index contributed by atoms with van der Waals surface area (Å²) < 4.78 is 41.8. The monoisotopic (exact) mass is 588 g/mol. The Labute approximate surface area is 236 Å². The Bertz CT molecular complexity index is 1680. The number of anilines is 2. The second kappa shape index (κ2) is 11.1. The molecule has 3 N–H and O–H groups in total. The molecule has 13 heteroatoms. The van der Waals surface area contributed by atoms with Crippen LogP contribution in [0.15, 0.2) is 53.6 Å². The summed E-state index contributed by atoms with van der Waals surface area (Å²) in [6, 6.07) is 11.1. The number of aliphatic hydroxyl groups is 1. The lowest BCUT2D eigenvalue weighted by atomic mass is 9.85. The zero-order valence-corrected chi connectivity index (χ0v) is 22.1. The molecular weight excluding hydrogens is 568 g/mol. The molecule has 1 unspecified atom stereocenters. The Morgan fingerprint density at radius 1 is 1.18 bits per heavy atom. The number of fused-ring (bicyclic) bond motifs is 1. The summed E-state index contributed by atoms with van der Waals surface area (Å²) in [5.41, 5.74) is 0.0598. The highest BCUT2D eigenvalue weighted by molar-refractivity contribution is 6.37. The van der Waals surface area contributed by atoms with Crippen LogP contribution in [0.2, 0.25) is 10.0 Å². The summed E-state index contributed by atoms with van der Waals surface area (Å²) in [7, 11) is 0. The van der Waals surface area contributed by atoms with Crippen LogP contribution in [0.4, 0.5) is 24.8 Å². The van der Waals surface area contributed by atoms with Gasteiger partial charge >= 0.3 is 6.18 Å². The molecule has 0 amide bonds. The Kier molecular flexibility index (Phi) is 7.70. The van der Waals surface area contributed by atoms with Crippen LogP contribution in [-0.2, 0) is 0 Å². The fourth-order valence-corrected chi connectivity index (χ4v) is 5.43. The fraction of sp³-hybridized carbons (Fsp3) is 0.259. The molecule has 1 aliphatic heterocycles. The number of nitrogens with zero attached hydrogens (tertiary/aromatic N) is 4. The number of nitrogens with one attached hydrogen (secondary N) is 2. The number of halogens is 5. The predicted octanol–water partition coefficient (Wildman–Crippen LogP) is 5.77. The minimum atomic E-state index is -4.86. The van der Waals surface area contributed by atoms with Crippen LogP contribution in [0.25, 0.3) is 16.6 Å². The van der Waals surface area contributed by atoms with Gasteiger partial charge in [0.05, 0.1) is 26.7 Å². The van der Waals surface area contributed by atoms with E-state index in [1.807, 2.05) is 6.07 Å². The Hall–Kier alpha value is -3.69. The van der Waals surface area contributed by atoms with E-state index in [1.54, 1.807) is 30.3 Å². The molecule has 1 aliphatic rings. The van der Waals surface area contributed by atoms with E-state index < -0.39 is 17.8 Å². The number of nitriles is 1. The fourth-order valence-electron chi connectivity index (χ4n) is 4.85. The van der Waals surface area contributed by atoms with Crippen molar-refractivity contribution in [1.29, 1.82) is 5.26 Å². The number of rotatable bonds is 5. The number of benzene rings is 2. The summed E-state index contributed by atoms with van der Waals surface area (Å²) in [5.74, 6) is -0.190. The van der Waals surface area contributed by atoms with Gasteiger partial charge in [-0.3, -0.25) is 9.36 Å². The van der Waals surface area contributed by atoms with Crippen LogP contribution in [-0.4, -0.2) is 38.9 Å². The van der Waals surface area contributed by atoms with Gasteiger partial charge in [0.2, 0.25) is 5.95 Å². The largest absolute Gasteiger partial charge is 0.418 e. The highest BCUT2D eigenvalue weighted by Gasteiger charge is 2.41. The standard InChI is InChI=1S/C27H21Cl2F3N6O2/c28-20-2-1-3-21(29)23(20)38-13-15(11-33)22-19(25(38)40)12-35-26(37-22)36-16-4-5-17(14-6-8-34-9-7-14)18(10-16)24(39)27(30,31)32/h1-5,10,12-14,24,34,39H,6-9H2,(H,35,36,37). The highest BCUT2D eigenvalue weighted by atomic mass is 35.5. The number of aliphatic hydroxyl groups excluding tert-OH is 1. The van der Waals surface area contributed by atoms with Crippen LogP contribution in [0.5, 0.6) is 0 Å². The molecule has 0 radical (unpaired) electrons. The molecule has 1 saturated heterocycles. The second-order valence-corrected chi connectivity index (χ2v) is 10.1. The molecule has 1 fully saturated rings. The van der Waals surface area contributed by atoms with E-state index in [2.05, 4.69) is 20.6 Å². The highest BCUT2D eigenvalue weighted by Crippen LogP contribution is 2.40. The molecule has 5 rings (SSSR count). The lowest BCUT2D eigenvalue weighted by Gasteiger charge is -2.27. The third-order valence-electron chi connectivity index (χ3n) is 6.78. The van der Waals surface area contributed by atoms with Crippen molar-refractivity contribution in [3.05, 3.63) is 85.9 Å². The number of aromatic nitrogens is 3. The molecule has 0 spiro atoms. The Morgan fingerprint density at radius 2 is 1.88 bits per heavy atom. The molecule has 3 heterocycles. The first kappa shape index (κ1) is 27.9. The van der Waals surface area contributed by atoms with Gasteiger partial charge in [0, 0.05) is 18.1 Å². The zero-order valence-electron chi connectivity index (χ0n) is 20.6. The second-order valence-electron chi connectivity index (χ2n) is 9.29. The van der Waals surface area contributed by atoms with Gasteiger partial charge in [-0.05, 0) is 67.2 Å². The minimum absolute atomic E-state index is 0.00928. The normalized spacial score (nSPS) is 15.1. The molecule has 40 heavy (non-hydrogen) atoms. The summed E-state index contributed by atoms with van der Waals surface area (Å²) in [6.45, 7) is 1.34. The quantitative estimate of drug-likeness (QED) is 0.271. The van der Waals surface area contributed by atoms with Crippen LogP contribution in [0.1, 0.15) is 41.6 Å². The van der Waals surface area contributed by atoms with Gasteiger partial charge in [-0.15, -0.1) is 0 Å². The average molecular weight is 589 g/mol. The number of alkyl halides is 3.